The summed E-state index contributed by atoms with van der Waals surface area (Å²) >= 11 is 0. The second-order valence-electron chi connectivity index (χ2n) is 4.47. The van der Waals surface area contributed by atoms with Crippen molar-refractivity contribution in [3.05, 3.63) is 47.0 Å². The van der Waals surface area contributed by atoms with Crippen LogP contribution in [0.25, 0.3) is 0 Å². The third-order valence-corrected chi connectivity index (χ3v) is 3.00. The van der Waals surface area contributed by atoms with Gasteiger partial charge in [-0.1, -0.05) is 29.8 Å². The van der Waals surface area contributed by atoms with E-state index in [1.807, 2.05) is 6.07 Å². The second kappa shape index (κ2) is 4.19. The van der Waals surface area contributed by atoms with Crippen LogP contribution in [-0.2, 0) is 6.42 Å². The highest BCUT2D eigenvalue weighted by molar-refractivity contribution is 5.74. The lowest BCUT2D eigenvalue weighted by Crippen LogP contribution is -2.19. The predicted molar refractivity (Wildman–Crippen MR) is 73.0 cm³/mol. The van der Waals surface area contributed by atoms with Crippen molar-refractivity contribution in [2.75, 3.05) is 16.6 Å². The maximum absolute atomic E-state index is 5.80. The van der Waals surface area contributed by atoms with E-state index in [1.165, 1.54) is 11.1 Å². The smallest absolute Gasteiger partial charge is 0.169 e. The van der Waals surface area contributed by atoms with Gasteiger partial charge in [0.15, 0.2) is 5.82 Å². The summed E-state index contributed by atoms with van der Waals surface area (Å²) in [6.07, 6.45) is 0.825. The Morgan fingerprint density at radius 3 is 2.72 bits per heavy atom. The molecule has 5 nitrogen and oxygen atoms in total. The Kier molecular flexibility index (Phi) is 2.53. The second-order valence-corrected chi connectivity index (χ2v) is 4.47. The standard InChI is InChI=1S/C13H15N5/c1-8-2-4-9(5-3-8)6-10-7-11(14)15-13-12(10)16-18-17-13/h2-5,7,16,18H,6H2,1H3,(H3,14,15,17). The molecule has 2 aromatic rings. The van der Waals surface area contributed by atoms with E-state index in [9.17, 15) is 0 Å². The van der Waals surface area contributed by atoms with Crippen molar-refractivity contribution >= 4 is 17.3 Å². The van der Waals surface area contributed by atoms with Crippen molar-refractivity contribution in [2.24, 2.45) is 0 Å². The number of nitrogens with one attached hydrogen (secondary N) is 3. The minimum atomic E-state index is 0.522. The molecule has 0 fully saturated rings. The average Bonchev–Trinajstić information content (AvgIpc) is 2.80. The Morgan fingerprint density at radius 1 is 1.17 bits per heavy atom. The highest BCUT2D eigenvalue weighted by Gasteiger charge is 2.16. The van der Waals surface area contributed by atoms with Gasteiger partial charge in [-0.15, -0.1) is 5.53 Å². The molecule has 0 bridgehead atoms. The molecule has 92 valence electrons. The first kappa shape index (κ1) is 10.9. The molecule has 1 aromatic carbocycles. The molecule has 1 aromatic heterocycles. The third-order valence-electron chi connectivity index (χ3n) is 3.00. The first-order chi connectivity index (χ1) is 8.72. The molecule has 0 saturated heterocycles. The van der Waals surface area contributed by atoms with Crippen LogP contribution in [0, 0.1) is 6.92 Å². The predicted octanol–water partition coefficient (Wildman–Crippen LogP) is 1.82. The average molecular weight is 241 g/mol. The van der Waals surface area contributed by atoms with E-state index in [-0.39, 0.29) is 0 Å². The lowest BCUT2D eigenvalue weighted by molar-refractivity contribution is 0.997. The van der Waals surface area contributed by atoms with Crippen LogP contribution in [0.15, 0.2) is 30.3 Å². The van der Waals surface area contributed by atoms with Crippen LogP contribution in [0.5, 0.6) is 0 Å². The SMILES string of the molecule is Cc1ccc(Cc2cc(N)nc3c2NNN3)cc1. The van der Waals surface area contributed by atoms with Gasteiger partial charge in [-0.25, -0.2) is 4.98 Å². The van der Waals surface area contributed by atoms with Gasteiger partial charge in [0.05, 0.1) is 5.69 Å². The van der Waals surface area contributed by atoms with Crippen LogP contribution in [0.1, 0.15) is 16.7 Å². The minimum absolute atomic E-state index is 0.522. The highest BCUT2D eigenvalue weighted by Crippen LogP contribution is 2.29. The van der Waals surface area contributed by atoms with E-state index in [0.717, 1.165) is 23.5 Å². The summed E-state index contributed by atoms with van der Waals surface area (Å²) in [5, 5.41) is 0. The summed E-state index contributed by atoms with van der Waals surface area (Å²) in [4.78, 5) is 4.21. The van der Waals surface area contributed by atoms with Crippen molar-refractivity contribution in [3.8, 4) is 0 Å². The Labute approximate surface area is 105 Å². The van der Waals surface area contributed by atoms with Gasteiger partial charge in [0.2, 0.25) is 0 Å². The summed E-state index contributed by atoms with van der Waals surface area (Å²) in [5.41, 5.74) is 19.2. The number of hydrogen-bond acceptors (Lipinski definition) is 5. The molecule has 0 spiro atoms. The fourth-order valence-corrected chi connectivity index (χ4v) is 2.07. The molecule has 1 aliphatic heterocycles. The molecular formula is C13H15N5. The van der Waals surface area contributed by atoms with Gasteiger partial charge in [0.25, 0.3) is 0 Å². The molecule has 0 unspecified atom stereocenters. The zero-order chi connectivity index (χ0) is 12.5. The molecule has 1 aliphatic rings. The Balaban J connectivity index is 1.95. The molecule has 0 aliphatic carbocycles. The quantitative estimate of drug-likeness (QED) is 0.645. The molecule has 0 atom stereocenters. The van der Waals surface area contributed by atoms with Gasteiger partial charge in [-0.05, 0) is 30.5 Å². The zero-order valence-electron chi connectivity index (χ0n) is 10.1. The zero-order valence-corrected chi connectivity index (χ0v) is 10.1. The lowest BCUT2D eigenvalue weighted by atomic mass is 10.0. The van der Waals surface area contributed by atoms with Gasteiger partial charge >= 0.3 is 0 Å². The number of hydrazine groups is 2. The third kappa shape index (κ3) is 1.96. The largest absolute Gasteiger partial charge is 0.384 e. The van der Waals surface area contributed by atoms with Gasteiger partial charge in [0, 0.05) is 0 Å². The molecule has 0 radical (unpaired) electrons. The van der Waals surface area contributed by atoms with Crippen molar-refractivity contribution in [2.45, 2.75) is 13.3 Å². The van der Waals surface area contributed by atoms with Crippen LogP contribution in [-0.4, -0.2) is 4.98 Å². The number of fused-ring (bicyclic) bond motifs is 1. The van der Waals surface area contributed by atoms with E-state index in [0.29, 0.717) is 5.82 Å². The van der Waals surface area contributed by atoms with Crippen LogP contribution >= 0.6 is 0 Å². The minimum Gasteiger partial charge on any atom is -0.384 e. The fraction of sp³-hybridized carbons (Fsp3) is 0.154. The summed E-state index contributed by atoms with van der Waals surface area (Å²) in [7, 11) is 0. The van der Waals surface area contributed by atoms with Crippen LogP contribution < -0.4 is 22.1 Å². The number of aromatic nitrogens is 1. The number of nitrogens with two attached hydrogens (primary N) is 1. The molecule has 2 heterocycles. The van der Waals surface area contributed by atoms with Crippen molar-refractivity contribution < 1.29 is 0 Å². The first-order valence-electron chi connectivity index (χ1n) is 5.84. The van der Waals surface area contributed by atoms with Gasteiger partial charge in [0.1, 0.15) is 5.82 Å². The molecule has 18 heavy (non-hydrogen) atoms. The maximum atomic E-state index is 5.80. The Morgan fingerprint density at radius 2 is 1.94 bits per heavy atom. The molecule has 5 N–H and O–H groups in total. The Hall–Kier alpha value is -2.27. The van der Waals surface area contributed by atoms with Gasteiger partial charge < -0.3 is 11.2 Å². The van der Waals surface area contributed by atoms with Gasteiger partial charge in [-0.2, -0.15) is 0 Å². The van der Waals surface area contributed by atoms with Crippen molar-refractivity contribution in [1.29, 1.82) is 0 Å². The number of hydrogen-bond donors (Lipinski definition) is 4. The molecule has 0 saturated carbocycles. The lowest BCUT2D eigenvalue weighted by Gasteiger charge is -2.08. The highest BCUT2D eigenvalue weighted by atomic mass is 15.6. The number of pyridine rings is 1. The number of nitrogen functional groups attached to an aromatic ring is 1. The number of aryl methyl sites for hydroxylation is 1. The number of nitrogens with zero attached hydrogens (tertiary/aromatic N) is 1. The van der Waals surface area contributed by atoms with Crippen molar-refractivity contribution in [1.82, 2.24) is 10.5 Å². The monoisotopic (exact) mass is 241 g/mol. The molecule has 0 amide bonds. The summed E-state index contributed by atoms with van der Waals surface area (Å²) in [6.45, 7) is 2.08. The summed E-state index contributed by atoms with van der Waals surface area (Å²) in [6, 6.07) is 10.4. The van der Waals surface area contributed by atoms with E-state index in [1.54, 1.807) is 0 Å². The molecule has 3 rings (SSSR count). The van der Waals surface area contributed by atoms with Crippen LogP contribution in [0.3, 0.4) is 0 Å². The first-order valence-corrected chi connectivity index (χ1v) is 5.84. The number of anilines is 3. The van der Waals surface area contributed by atoms with Crippen LogP contribution in [0.4, 0.5) is 17.3 Å². The number of benzene rings is 1. The number of rotatable bonds is 2. The van der Waals surface area contributed by atoms with E-state index in [4.69, 9.17) is 5.73 Å². The van der Waals surface area contributed by atoms with E-state index < -0.39 is 0 Å². The van der Waals surface area contributed by atoms with E-state index >= 15 is 0 Å². The summed E-state index contributed by atoms with van der Waals surface area (Å²) in [5.74, 6) is 1.27. The van der Waals surface area contributed by atoms with Crippen LogP contribution in [0.2, 0.25) is 0 Å². The molecule has 5 heteroatoms. The molecular weight excluding hydrogens is 226 g/mol. The fourth-order valence-electron chi connectivity index (χ4n) is 2.07. The topological polar surface area (TPSA) is 75.0 Å². The van der Waals surface area contributed by atoms with E-state index in [2.05, 4.69) is 52.6 Å². The summed E-state index contributed by atoms with van der Waals surface area (Å²) < 4.78 is 0. The maximum Gasteiger partial charge on any atom is 0.169 e. The van der Waals surface area contributed by atoms with Crippen molar-refractivity contribution in [3.63, 3.8) is 0 Å². The van der Waals surface area contributed by atoms with Gasteiger partial charge in [-0.3, -0.25) is 5.43 Å². The normalized spacial score (nSPS) is 12.7. The Bertz CT molecular complexity index is 577.